The molecule has 0 saturated carbocycles. The van der Waals surface area contributed by atoms with E-state index in [1.165, 1.54) is 31.1 Å². The lowest BCUT2D eigenvalue weighted by atomic mass is 9.83. The van der Waals surface area contributed by atoms with Crippen molar-refractivity contribution in [1.29, 1.82) is 0 Å². The van der Waals surface area contributed by atoms with E-state index in [2.05, 4.69) is 17.9 Å². The van der Waals surface area contributed by atoms with Crippen molar-refractivity contribution in [3.8, 4) is 5.75 Å². The Balaban J connectivity index is 1.76. The van der Waals surface area contributed by atoms with E-state index in [4.69, 9.17) is 35.3 Å². The molecule has 52 heavy (non-hydrogen) atoms. The zero-order valence-electron chi connectivity index (χ0n) is 31.5. The number of amides is 3. The number of carbonyl (C=O) groups excluding carboxylic acids is 4. The Kier molecular flexibility index (Phi) is 12.7. The number of ether oxygens (including phenoxy) is 5. The molecule has 1 aromatic rings. The predicted octanol–water partition coefficient (Wildman–Crippen LogP) is 4.61. The second kappa shape index (κ2) is 16.0. The molecule has 288 valence electrons. The molecule has 3 heterocycles. The highest BCUT2D eigenvalue weighted by atomic mass is 35.5. The van der Waals surface area contributed by atoms with Crippen LogP contribution in [-0.4, -0.2) is 109 Å². The van der Waals surface area contributed by atoms with Gasteiger partial charge in [0.25, 0.3) is 0 Å². The number of hydrogen-bond acceptors (Lipinski definition) is 11. The average Bonchev–Trinajstić information content (AvgIpc) is 3.75. The first-order valence-corrected chi connectivity index (χ1v) is 18.0. The Bertz CT molecular complexity index is 1610. The number of epoxide rings is 1. The predicted molar refractivity (Wildman–Crippen MR) is 199 cm³/mol. The van der Waals surface area contributed by atoms with Crippen molar-refractivity contribution in [3.63, 3.8) is 0 Å². The first kappa shape index (κ1) is 41.5. The first-order chi connectivity index (χ1) is 24.1. The fourth-order valence-corrected chi connectivity index (χ4v) is 7.16. The number of aliphatic hydroxyl groups is 1. The Morgan fingerprint density at radius 1 is 1.27 bits per heavy atom. The summed E-state index contributed by atoms with van der Waals surface area (Å²) in [6, 6.07) is 2.58. The van der Waals surface area contributed by atoms with Gasteiger partial charge in [-0.25, -0.2) is 9.59 Å². The Hall–Kier alpha value is -3.30. The van der Waals surface area contributed by atoms with Gasteiger partial charge in [-0.05, 0) is 44.9 Å². The van der Waals surface area contributed by atoms with Crippen LogP contribution in [0.25, 0.3) is 0 Å². The molecule has 0 spiro atoms. The molecule has 2 fully saturated rings. The van der Waals surface area contributed by atoms with Crippen LogP contribution in [0.1, 0.15) is 66.4 Å². The standard InChI is InChI=1S/C37H52ClN3O10S/c1-20-12-11-13-27(48-10)37(46)18-26(49-34(45)39-37)21(2)32-36(6,51-32)28(50-33(44)22(3)40(7)30(43)19-35(4,5)52)17-29(42)41(8)24-15-23(14-20)16-25(47-9)31(24)38/h11-13,15-16,21-22,26-28,32,46,52H,14,17-19H2,1-10H3,(H,39,45)/b13-11+,20-12+. The van der Waals surface area contributed by atoms with Crippen LogP contribution in [0.2, 0.25) is 5.02 Å². The zero-order valence-corrected chi connectivity index (χ0v) is 33.2. The van der Waals surface area contributed by atoms with Gasteiger partial charge in [0.1, 0.15) is 40.7 Å². The summed E-state index contributed by atoms with van der Waals surface area (Å²) in [6.07, 6.45) is 0.991. The molecular weight excluding hydrogens is 714 g/mol. The van der Waals surface area contributed by atoms with Gasteiger partial charge in [0.05, 0.1) is 25.3 Å². The summed E-state index contributed by atoms with van der Waals surface area (Å²) in [5, 5.41) is 14.5. The number of benzene rings is 1. The normalized spacial score (nSPS) is 31.9. The van der Waals surface area contributed by atoms with Crippen LogP contribution in [0.5, 0.6) is 5.75 Å². The number of fused-ring (bicyclic) bond motifs is 5. The number of esters is 1. The lowest BCUT2D eigenvalue weighted by Crippen LogP contribution is -2.63. The Labute approximate surface area is 316 Å². The number of thiol groups is 1. The summed E-state index contributed by atoms with van der Waals surface area (Å²) in [5.74, 6) is -1.64. The maximum atomic E-state index is 14.1. The van der Waals surface area contributed by atoms with E-state index < -0.39 is 70.4 Å². The molecule has 8 atom stereocenters. The second-order valence-electron chi connectivity index (χ2n) is 14.9. The summed E-state index contributed by atoms with van der Waals surface area (Å²) < 4.78 is 28.6. The zero-order chi connectivity index (χ0) is 38.9. The average molecular weight is 766 g/mol. The summed E-state index contributed by atoms with van der Waals surface area (Å²) in [4.78, 5) is 56.3. The van der Waals surface area contributed by atoms with Crippen molar-refractivity contribution in [3.05, 3.63) is 46.5 Å². The summed E-state index contributed by atoms with van der Waals surface area (Å²) in [6.45, 7) is 10.6. The van der Waals surface area contributed by atoms with E-state index in [1.807, 2.05) is 13.0 Å². The summed E-state index contributed by atoms with van der Waals surface area (Å²) in [5.41, 5.74) is -0.926. The fraction of sp³-hybridized carbons (Fsp3) is 0.622. The smallest absolute Gasteiger partial charge is 0.409 e. The van der Waals surface area contributed by atoms with Crippen LogP contribution in [-0.2, 0) is 39.8 Å². The van der Waals surface area contributed by atoms with Crippen LogP contribution < -0.4 is 15.0 Å². The molecule has 3 aliphatic heterocycles. The number of anilines is 1. The minimum absolute atomic E-state index is 0.0525. The van der Waals surface area contributed by atoms with Gasteiger partial charge in [0.2, 0.25) is 11.8 Å². The third-order valence-corrected chi connectivity index (χ3v) is 10.6. The maximum Gasteiger partial charge on any atom is 0.409 e. The number of nitrogens with zero attached hydrogens (tertiary/aromatic N) is 2. The lowest BCUT2D eigenvalue weighted by Gasteiger charge is -2.42. The van der Waals surface area contributed by atoms with Gasteiger partial charge in [-0.15, -0.1) is 0 Å². The van der Waals surface area contributed by atoms with Gasteiger partial charge in [0, 0.05) is 44.7 Å². The van der Waals surface area contributed by atoms with Crippen molar-refractivity contribution in [2.24, 2.45) is 5.92 Å². The highest BCUT2D eigenvalue weighted by Gasteiger charge is 2.64. The third-order valence-electron chi connectivity index (χ3n) is 10.1. The molecule has 0 aromatic heterocycles. The third kappa shape index (κ3) is 9.25. The van der Waals surface area contributed by atoms with Crippen molar-refractivity contribution < 1.29 is 48.0 Å². The van der Waals surface area contributed by atoms with Gasteiger partial charge >= 0.3 is 12.1 Å². The van der Waals surface area contributed by atoms with Crippen molar-refractivity contribution in [2.45, 2.75) is 114 Å². The molecular formula is C37H52ClN3O10S. The van der Waals surface area contributed by atoms with Crippen LogP contribution in [0.15, 0.2) is 35.9 Å². The van der Waals surface area contributed by atoms with E-state index >= 15 is 0 Å². The SMILES string of the molecule is COc1cc2cc(c1Cl)N(C)C(=O)CC(OC(=O)C(C)N(C)C(=O)CC(C)(C)S)C1(C)OC1C(C)C1CC(O)(NC(=O)O1)C(OC)/C=C/C=C(\C)C2. The van der Waals surface area contributed by atoms with Crippen LogP contribution in [0.4, 0.5) is 10.5 Å². The lowest BCUT2D eigenvalue weighted by molar-refractivity contribution is -0.162. The number of likely N-dealkylation sites (N-methyl/N-ethyl adjacent to an activating group) is 1. The summed E-state index contributed by atoms with van der Waals surface area (Å²) in [7, 11) is 6.00. The number of nitrogens with one attached hydrogen (secondary N) is 1. The topological polar surface area (TPSA) is 156 Å². The van der Waals surface area contributed by atoms with Gasteiger partial charge in [0.15, 0.2) is 5.72 Å². The van der Waals surface area contributed by atoms with E-state index in [-0.39, 0.29) is 30.2 Å². The van der Waals surface area contributed by atoms with Crippen molar-refractivity contribution in [1.82, 2.24) is 10.2 Å². The minimum atomic E-state index is -1.83. The van der Waals surface area contributed by atoms with Crippen LogP contribution in [0.3, 0.4) is 0 Å². The molecule has 3 amide bonds. The largest absolute Gasteiger partial charge is 0.495 e. The van der Waals surface area contributed by atoms with E-state index in [9.17, 15) is 24.3 Å². The van der Waals surface area contributed by atoms with E-state index in [0.717, 1.165) is 11.1 Å². The molecule has 0 radical (unpaired) electrons. The number of rotatable bonds is 7. The number of halogens is 1. The second-order valence-corrected chi connectivity index (χ2v) is 16.5. The molecule has 0 aliphatic carbocycles. The van der Waals surface area contributed by atoms with E-state index in [0.29, 0.717) is 17.9 Å². The maximum absolute atomic E-state index is 14.1. The van der Waals surface area contributed by atoms with Gasteiger partial charge in [-0.3, -0.25) is 14.9 Å². The Morgan fingerprint density at radius 2 is 1.94 bits per heavy atom. The van der Waals surface area contributed by atoms with E-state index in [1.54, 1.807) is 66.0 Å². The van der Waals surface area contributed by atoms with Crippen molar-refractivity contribution >= 4 is 53.8 Å². The minimum Gasteiger partial charge on any atom is -0.495 e. The first-order valence-electron chi connectivity index (χ1n) is 17.2. The quantitative estimate of drug-likeness (QED) is 0.204. The molecule has 3 aliphatic rings. The van der Waals surface area contributed by atoms with Crippen LogP contribution >= 0.6 is 24.2 Å². The van der Waals surface area contributed by atoms with Gasteiger partial charge in [-0.1, -0.05) is 56.2 Å². The Morgan fingerprint density at radius 3 is 2.56 bits per heavy atom. The molecule has 15 heteroatoms. The molecule has 4 rings (SSSR count). The summed E-state index contributed by atoms with van der Waals surface area (Å²) >= 11 is 11.2. The van der Waals surface area contributed by atoms with Gasteiger partial charge in [-0.2, -0.15) is 12.6 Å². The number of methoxy groups -OCH3 is 2. The molecule has 2 N–H and O–H groups in total. The van der Waals surface area contributed by atoms with Crippen LogP contribution in [0, 0.1) is 5.92 Å². The molecule has 2 saturated heterocycles. The fourth-order valence-electron chi connectivity index (χ4n) is 6.71. The number of hydrogen-bond donors (Lipinski definition) is 3. The monoisotopic (exact) mass is 765 g/mol. The highest BCUT2D eigenvalue weighted by Crippen LogP contribution is 2.49. The number of allylic oxidation sites excluding steroid dienone is 3. The highest BCUT2D eigenvalue weighted by molar-refractivity contribution is 7.81. The number of alkyl carbamates (subject to hydrolysis) is 1. The molecule has 8 unspecified atom stereocenters. The molecule has 13 nitrogen and oxygen atoms in total. The molecule has 4 bridgehead atoms. The van der Waals surface area contributed by atoms with Crippen molar-refractivity contribution in [2.75, 3.05) is 33.2 Å². The molecule has 1 aromatic carbocycles. The van der Waals surface area contributed by atoms with Gasteiger partial charge < -0.3 is 38.6 Å². The number of carbonyl (C=O) groups is 4.